The summed E-state index contributed by atoms with van der Waals surface area (Å²) in [6.45, 7) is 5.37. The molecule has 0 heterocycles. The van der Waals surface area contributed by atoms with Crippen molar-refractivity contribution in [2.24, 2.45) is 16.6 Å². The van der Waals surface area contributed by atoms with E-state index in [4.69, 9.17) is 5.73 Å². The zero-order chi connectivity index (χ0) is 14.1. The Labute approximate surface area is 126 Å². The molecule has 0 amide bonds. The van der Waals surface area contributed by atoms with Crippen molar-refractivity contribution >= 4 is 33.2 Å². The number of nitrogens with two attached hydrogens (primary N) is 1. The van der Waals surface area contributed by atoms with Crippen molar-refractivity contribution in [3.8, 4) is 0 Å². The van der Waals surface area contributed by atoms with E-state index in [-0.39, 0.29) is 0 Å². The van der Waals surface area contributed by atoms with Crippen LogP contribution in [0.3, 0.4) is 0 Å². The lowest BCUT2D eigenvalue weighted by Gasteiger charge is -2.34. The molecule has 0 fully saturated rings. The molecule has 0 saturated heterocycles. The fourth-order valence-electron chi connectivity index (χ4n) is 1.90. The molecule has 0 aromatic heterocycles. The summed E-state index contributed by atoms with van der Waals surface area (Å²) in [5.41, 5.74) is 6.28. The number of aliphatic imine (C=N–C) groups is 1. The first-order chi connectivity index (χ1) is 8.38. The van der Waals surface area contributed by atoms with Crippen LogP contribution in [-0.4, -0.2) is 54.6 Å². The van der Waals surface area contributed by atoms with E-state index < -0.39 is 0 Å². The second kappa shape index (κ2) is 10.0. The molecule has 0 unspecified atom stereocenters. The molecule has 0 aliphatic rings. The van der Waals surface area contributed by atoms with Crippen molar-refractivity contribution in [3.63, 3.8) is 0 Å². The predicted octanol–water partition coefficient (Wildman–Crippen LogP) is 1.96. The average molecular weight is 365 g/mol. The van der Waals surface area contributed by atoms with Crippen molar-refractivity contribution in [3.05, 3.63) is 0 Å². The topological polar surface area (TPSA) is 44.9 Å². The number of hydrogen-bond donors (Lipinski definition) is 1. The van der Waals surface area contributed by atoms with Crippen LogP contribution in [0.25, 0.3) is 0 Å². The average Bonchev–Trinajstić information content (AvgIpc) is 2.30. The quantitative estimate of drug-likeness (QED) is 0.170. The van der Waals surface area contributed by atoms with Crippen molar-refractivity contribution in [2.45, 2.75) is 39.2 Å². The summed E-state index contributed by atoms with van der Waals surface area (Å²) in [4.78, 5) is 4.30. The maximum absolute atomic E-state index is 5.65. The Morgan fingerprint density at radius 2 is 1.94 bits per heavy atom. The van der Waals surface area contributed by atoms with Gasteiger partial charge in [-0.2, -0.15) is 0 Å². The fourth-order valence-corrected chi connectivity index (χ4v) is 2.09. The van der Waals surface area contributed by atoms with Gasteiger partial charge < -0.3 is 5.73 Å². The highest BCUT2D eigenvalue weighted by Gasteiger charge is 2.17. The molecule has 0 saturated carbocycles. The van der Waals surface area contributed by atoms with Gasteiger partial charge in [0.05, 0.1) is 5.73 Å². The van der Waals surface area contributed by atoms with Crippen LogP contribution in [0.2, 0.25) is 0 Å². The van der Waals surface area contributed by atoms with Gasteiger partial charge in [0, 0.05) is 33.7 Å². The summed E-state index contributed by atoms with van der Waals surface area (Å²) in [5.74, 6) is 0.716. The van der Waals surface area contributed by atoms with Gasteiger partial charge in [-0.3, -0.25) is 4.99 Å². The van der Waals surface area contributed by atoms with E-state index in [2.05, 4.69) is 72.4 Å². The summed E-state index contributed by atoms with van der Waals surface area (Å²) in [6, 6.07) is 0.583. The van der Waals surface area contributed by atoms with E-state index in [1.54, 1.807) is 0 Å². The van der Waals surface area contributed by atoms with Gasteiger partial charge in [-0.25, -0.2) is 10.0 Å². The Kier molecular flexibility index (Phi) is 10.1. The number of amidine groups is 1. The molecule has 6 heteroatoms. The highest BCUT2D eigenvalue weighted by Crippen LogP contribution is 2.16. The van der Waals surface area contributed by atoms with Crippen LogP contribution in [0, 0.1) is 5.92 Å². The molecule has 0 aliphatic heterocycles. The molecule has 1 atom stereocenters. The first-order valence-electron chi connectivity index (χ1n) is 6.51. The van der Waals surface area contributed by atoms with Crippen LogP contribution in [0.15, 0.2) is 4.99 Å². The molecule has 0 aromatic rings. The monoisotopic (exact) mass is 365 g/mol. The standard InChI is InChI=1S/C12H27BIN4/c1-10(2)9-11(18(5)17(3)4)7-6-8-16-12(15)13-14/h10-11H,6-9H2,1-5H3,(H2,15,16)/t11-/m0/s1. The van der Waals surface area contributed by atoms with Crippen LogP contribution < -0.4 is 5.73 Å². The molecular formula is C12H27BIN4. The summed E-state index contributed by atoms with van der Waals surface area (Å²) >= 11 is 2.12. The van der Waals surface area contributed by atoms with Crippen molar-refractivity contribution < 1.29 is 0 Å². The fraction of sp³-hybridized carbons (Fsp3) is 0.917. The predicted molar refractivity (Wildman–Crippen MR) is 90.2 cm³/mol. The van der Waals surface area contributed by atoms with Crippen molar-refractivity contribution in [1.29, 1.82) is 0 Å². The first-order valence-corrected chi connectivity index (χ1v) is 7.76. The van der Waals surface area contributed by atoms with Crippen LogP contribution in [0.1, 0.15) is 33.1 Å². The Morgan fingerprint density at radius 3 is 2.39 bits per heavy atom. The van der Waals surface area contributed by atoms with E-state index in [0.29, 0.717) is 17.7 Å². The Balaban J connectivity index is 4.17. The number of hydrogen-bond acceptors (Lipinski definition) is 3. The van der Waals surface area contributed by atoms with E-state index in [1.807, 2.05) is 5.14 Å². The molecule has 0 aromatic carbocycles. The van der Waals surface area contributed by atoms with Crippen molar-refractivity contribution in [1.82, 2.24) is 10.0 Å². The molecule has 2 N–H and O–H groups in total. The lowest BCUT2D eigenvalue weighted by atomic mass is 9.99. The summed E-state index contributed by atoms with van der Waals surface area (Å²) < 4.78 is 0. The molecule has 0 aliphatic carbocycles. The van der Waals surface area contributed by atoms with Crippen LogP contribution >= 0.6 is 22.4 Å². The van der Waals surface area contributed by atoms with Crippen LogP contribution in [-0.2, 0) is 0 Å². The van der Waals surface area contributed by atoms with Gasteiger partial charge in [-0.15, -0.1) is 22.4 Å². The molecule has 18 heavy (non-hydrogen) atoms. The smallest absolute Gasteiger partial charge is 0.285 e. The first kappa shape index (κ1) is 18.2. The zero-order valence-corrected chi connectivity index (χ0v) is 14.5. The largest absolute Gasteiger partial charge is 0.395 e. The molecule has 0 spiro atoms. The summed E-state index contributed by atoms with van der Waals surface area (Å²) in [6.07, 6.45) is 3.46. The van der Waals surface area contributed by atoms with Crippen LogP contribution in [0.5, 0.6) is 0 Å². The second-order valence-corrected chi connectivity index (χ2v) is 5.88. The molecular weight excluding hydrogens is 338 g/mol. The van der Waals surface area contributed by atoms with E-state index >= 15 is 0 Å². The third-order valence-corrected chi connectivity index (χ3v) is 3.64. The maximum Gasteiger partial charge on any atom is 0.285 e. The summed E-state index contributed by atoms with van der Waals surface area (Å²) in [7, 11) is 6.34. The minimum Gasteiger partial charge on any atom is -0.395 e. The lowest BCUT2D eigenvalue weighted by Crippen LogP contribution is -2.42. The highest BCUT2D eigenvalue weighted by atomic mass is 127. The van der Waals surface area contributed by atoms with E-state index in [9.17, 15) is 0 Å². The van der Waals surface area contributed by atoms with Gasteiger partial charge in [-0.05, 0) is 25.2 Å². The zero-order valence-electron chi connectivity index (χ0n) is 12.4. The molecule has 0 rings (SSSR count). The van der Waals surface area contributed by atoms with Crippen molar-refractivity contribution in [2.75, 3.05) is 27.7 Å². The Morgan fingerprint density at radius 1 is 1.33 bits per heavy atom. The minimum absolute atomic E-state index is 0.583. The molecule has 105 valence electrons. The summed E-state index contributed by atoms with van der Waals surface area (Å²) in [5, 5.41) is 6.29. The van der Waals surface area contributed by atoms with Gasteiger partial charge >= 0.3 is 0 Å². The van der Waals surface area contributed by atoms with E-state index in [1.165, 1.54) is 6.42 Å². The van der Waals surface area contributed by atoms with E-state index in [0.717, 1.165) is 19.4 Å². The van der Waals surface area contributed by atoms with Gasteiger partial charge in [0.2, 0.25) is 0 Å². The minimum atomic E-state index is 0.583. The molecule has 1 radical (unpaired) electrons. The van der Waals surface area contributed by atoms with Crippen LogP contribution in [0.4, 0.5) is 0 Å². The molecule has 4 nitrogen and oxygen atoms in total. The molecule has 0 bridgehead atoms. The van der Waals surface area contributed by atoms with Gasteiger partial charge in [0.25, 0.3) is 5.14 Å². The van der Waals surface area contributed by atoms with Gasteiger partial charge in [0.1, 0.15) is 0 Å². The second-order valence-electron chi connectivity index (χ2n) is 5.26. The SMILES string of the molecule is CC(C)C[C@H](CCCN=C(N)[B]I)N(C)N(C)C. The Hall–Kier alpha value is 0.185. The third kappa shape index (κ3) is 8.32. The highest BCUT2D eigenvalue weighted by molar-refractivity contribution is 14.1. The number of halogens is 1. The normalized spacial score (nSPS) is 14.6. The Bertz CT molecular complexity index is 246. The van der Waals surface area contributed by atoms with Gasteiger partial charge in [-0.1, -0.05) is 13.8 Å². The lowest BCUT2D eigenvalue weighted by molar-refractivity contribution is -0.00207. The van der Waals surface area contributed by atoms with Gasteiger partial charge in [0.15, 0.2) is 0 Å². The number of nitrogens with zero attached hydrogens (tertiary/aromatic N) is 3. The number of hydrazine groups is 1. The number of rotatable bonds is 9. The third-order valence-electron chi connectivity index (χ3n) is 3.00. The maximum atomic E-state index is 5.65.